The molecule has 0 aromatic heterocycles. The maximum absolute atomic E-state index is 12.6. The highest BCUT2D eigenvalue weighted by molar-refractivity contribution is 7.90. The van der Waals surface area contributed by atoms with Crippen molar-refractivity contribution in [3.8, 4) is 0 Å². The summed E-state index contributed by atoms with van der Waals surface area (Å²) in [7, 11) is -0.822. The van der Waals surface area contributed by atoms with Crippen LogP contribution in [-0.4, -0.2) is 69.8 Å². The second-order valence-electron chi connectivity index (χ2n) is 7.22. The van der Waals surface area contributed by atoms with Gasteiger partial charge in [-0.05, 0) is 44.9 Å². The molecule has 0 bridgehead atoms. The van der Waals surface area contributed by atoms with Crippen molar-refractivity contribution < 1.29 is 13.2 Å². The summed E-state index contributed by atoms with van der Waals surface area (Å²) in [5.41, 5.74) is 0.475. The summed E-state index contributed by atoms with van der Waals surface area (Å²) in [6, 6.07) is 9.30. The van der Waals surface area contributed by atoms with Crippen molar-refractivity contribution >= 4 is 21.8 Å². The Hall–Kier alpha value is -1.64. The highest BCUT2D eigenvalue weighted by atomic mass is 32.2. The average Bonchev–Trinajstić information content (AvgIpc) is 2.65. The molecule has 1 fully saturated rings. The number of likely N-dealkylation sites (tertiary alicyclic amines) is 1. The van der Waals surface area contributed by atoms with Crippen LogP contribution in [0.5, 0.6) is 0 Å². The number of carbonyl (C=O) groups excluding carboxylic acids is 1. The SMILES string of the molecule is CC1CCCCN1CCCNC(=O)CN(c1ccccc1)S(=O)(=O)N(C)C. The fourth-order valence-corrected chi connectivity index (χ4v) is 4.35. The Labute approximate surface area is 163 Å². The number of nitrogens with one attached hydrogen (secondary N) is 1. The van der Waals surface area contributed by atoms with Crippen molar-refractivity contribution in [3.63, 3.8) is 0 Å². The number of hydrogen-bond donors (Lipinski definition) is 1. The molecule has 152 valence electrons. The lowest BCUT2D eigenvalue weighted by molar-refractivity contribution is -0.119. The van der Waals surface area contributed by atoms with E-state index in [0.29, 0.717) is 18.3 Å². The smallest absolute Gasteiger partial charge is 0.304 e. The molecule has 1 aromatic carbocycles. The molecule has 0 saturated carbocycles. The van der Waals surface area contributed by atoms with Crippen molar-refractivity contribution in [3.05, 3.63) is 30.3 Å². The van der Waals surface area contributed by atoms with E-state index >= 15 is 0 Å². The Kier molecular flexibility index (Phi) is 8.07. The molecule has 1 unspecified atom stereocenters. The van der Waals surface area contributed by atoms with Gasteiger partial charge in [-0.15, -0.1) is 0 Å². The molecule has 0 aliphatic carbocycles. The molecule has 1 saturated heterocycles. The first-order valence-corrected chi connectivity index (χ1v) is 11.0. The summed E-state index contributed by atoms with van der Waals surface area (Å²) in [6.45, 7) is 4.65. The molecule has 1 aliphatic rings. The van der Waals surface area contributed by atoms with E-state index in [-0.39, 0.29) is 12.5 Å². The molecule has 7 nitrogen and oxygen atoms in total. The zero-order valence-corrected chi connectivity index (χ0v) is 17.4. The number of rotatable bonds is 9. The van der Waals surface area contributed by atoms with Gasteiger partial charge in [0.1, 0.15) is 6.54 Å². The van der Waals surface area contributed by atoms with Gasteiger partial charge in [0.15, 0.2) is 0 Å². The van der Waals surface area contributed by atoms with Gasteiger partial charge in [0.25, 0.3) is 0 Å². The zero-order chi connectivity index (χ0) is 19.9. The lowest BCUT2D eigenvalue weighted by Crippen LogP contribution is -2.46. The first-order chi connectivity index (χ1) is 12.8. The quantitative estimate of drug-likeness (QED) is 0.645. The molecule has 2 rings (SSSR count). The normalized spacial score (nSPS) is 18.4. The average molecular weight is 397 g/mol. The lowest BCUT2D eigenvalue weighted by atomic mass is 10.0. The van der Waals surface area contributed by atoms with Gasteiger partial charge >= 0.3 is 10.2 Å². The molecule has 0 radical (unpaired) electrons. The standard InChI is InChI=1S/C19H32N4O3S/c1-17-10-7-8-14-22(17)15-9-13-20-19(24)16-23(27(25,26)21(2)3)18-11-5-4-6-12-18/h4-6,11-12,17H,7-10,13-16H2,1-3H3,(H,20,24). The number of carbonyl (C=O) groups is 1. The fraction of sp³-hybridized carbons (Fsp3) is 0.632. The van der Waals surface area contributed by atoms with Gasteiger partial charge in [-0.1, -0.05) is 24.6 Å². The number of nitrogens with zero attached hydrogens (tertiary/aromatic N) is 3. The molecule has 1 aromatic rings. The van der Waals surface area contributed by atoms with Crippen LogP contribution in [0, 0.1) is 0 Å². The van der Waals surface area contributed by atoms with Crippen LogP contribution in [0.25, 0.3) is 0 Å². The van der Waals surface area contributed by atoms with Crippen molar-refractivity contribution in [2.75, 3.05) is 44.6 Å². The topological polar surface area (TPSA) is 73.0 Å². The van der Waals surface area contributed by atoms with Gasteiger partial charge in [-0.25, -0.2) is 4.31 Å². The van der Waals surface area contributed by atoms with Crippen LogP contribution in [0.3, 0.4) is 0 Å². The highest BCUT2D eigenvalue weighted by Crippen LogP contribution is 2.18. The van der Waals surface area contributed by atoms with E-state index in [1.54, 1.807) is 24.3 Å². The largest absolute Gasteiger partial charge is 0.354 e. The number of anilines is 1. The van der Waals surface area contributed by atoms with Crippen LogP contribution in [-0.2, 0) is 15.0 Å². The predicted octanol–water partition coefficient (Wildman–Crippen LogP) is 1.68. The summed E-state index contributed by atoms with van der Waals surface area (Å²) in [6.07, 6.45) is 4.64. The number of hydrogen-bond acceptors (Lipinski definition) is 4. The number of para-hydroxylation sites is 1. The molecule has 1 aliphatic heterocycles. The summed E-state index contributed by atoms with van der Waals surface area (Å²) in [4.78, 5) is 14.8. The minimum absolute atomic E-state index is 0.232. The first kappa shape index (κ1) is 21.7. The second kappa shape index (κ2) is 10.1. The van der Waals surface area contributed by atoms with Gasteiger partial charge in [0.2, 0.25) is 5.91 Å². The molecular weight excluding hydrogens is 364 g/mol. The predicted molar refractivity (Wildman–Crippen MR) is 109 cm³/mol. The van der Waals surface area contributed by atoms with Crippen molar-refractivity contribution in [1.82, 2.24) is 14.5 Å². The van der Waals surface area contributed by atoms with Gasteiger partial charge in [0, 0.05) is 33.2 Å². The highest BCUT2D eigenvalue weighted by Gasteiger charge is 2.27. The third kappa shape index (κ3) is 6.19. The molecule has 1 amide bonds. The number of piperidine rings is 1. The van der Waals surface area contributed by atoms with Crippen LogP contribution in [0.1, 0.15) is 32.6 Å². The molecule has 27 heavy (non-hydrogen) atoms. The van der Waals surface area contributed by atoms with E-state index in [1.807, 2.05) is 6.07 Å². The van der Waals surface area contributed by atoms with E-state index in [9.17, 15) is 13.2 Å². The first-order valence-electron chi connectivity index (χ1n) is 9.58. The van der Waals surface area contributed by atoms with Crippen molar-refractivity contribution in [1.29, 1.82) is 0 Å². The molecule has 1 heterocycles. The van der Waals surface area contributed by atoms with Crippen LogP contribution in [0.4, 0.5) is 5.69 Å². The Morgan fingerprint density at radius 1 is 1.22 bits per heavy atom. The Bertz CT molecular complexity index is 694. The van der Waals surface area contributed by atoms with E-state index < -0.39 is 10.2 Å². The van der Waals surface area contributed by atoms with Gasteiger partial charge in [0.05, 0.1) is 5.69 Å². The monoisotopic (exact) mass is 396 g/mol. The van der Waals surface area contributed by atoms with E-state index in [4.69, 9.17) is 0 Å². The van der Waals surface area contributed by atoms with E-state index in [2.05, 4.69) is 17.1 Å². The maximum Gasteiger partial charge on any atom is 0.304 e. The minimum Gasteiger partial charge on any atom is -0.354 e. The van der Waals surface area contributed by atoms with Crippen LogP contribution in [0.15, 0.2) is 30.3 Å². The van der Waals surface area contributed by atoms with Crippen molar-refractivity contribution in [2.45, 2.75) is 38.6 Å². The summed E-state index contributed by atoms with van der Waals surface area (Å²) in [5.74, 6) is -0.295. The Morgan fingerprint density at radius 2 is 1.93 bits per heavy atom. The number of benzene rings is 1. The molecule has 1 atom stereocenters. The Balaban J connectivity index is 1.88. The summed E-state index contributed by atoms with van der Waals surface area (Å²) < 4.78 is 27.5. The Morgan fingerprint density at radius 3 is 2.56 bits per heavy atom. The zero-order valence-electron chi connectivity index (χ0n) is 16.6. The van der Waals surface area contributed by atoms with Gasteiger partial charge in [-0.2, -0.15) is 12.7 Å². The maximum atomic E-state index is 12.6. The summed E-state index contributed by atoms with van der Waals surface area (Å²) in [5, 5.41) is 2.86. The third-order valence-electron chi connectivity index (χ3n) is 4.96. The molecule has 1 N–H and O–H groups in total. The molecule has 0 spiro atoms. The fourth-order valence-electron chi connectivity index (χ4n) is 3.28. The second-order valence-corrected chi connectivity index (χ2v) is 9.28. The minimum atomic E-state index is -3.74. The van der Waals surface area contributed by atoms with E-state index in [1.165, 1.54) is 33.4 Å². The van der Waals surface area contributed by atoms with Crippen LogP contribution >= 0.6 is 0 Å². The summed E-state index contributed by atoms with van der Waals surface area (Å²) >= 11 is 0. The van der Waals surface area contributed by atoms with Crippen LogP contribution < -0.4 is 9.62 Å². The van der Waals surface area contributed by atoms with E-state index in [0.717, 1.165) is 28.1 Å². The van der Waals surface area contributed by atoms with Gasteiger partial charge < -0.3 is 10.2 Å². The number of amides is 1. The van der Waals surface area contributed by atoms with Crippen LogP contribution in [0.2, 0.25) is 0 Å². The lowest BCUT2D eigenvalue weighted by Gasteiger charge is -2.33. The van der Waals surface area contributed by atoms with Gasteiger partial charge in [-0.3, -0.25) is 4.79 Å². The molecular formula is C19H32N4O3S. The molecule has 8 heteroatoms. The van der Waals surface area contributed by atoms with Crippen molar-refractivity contribution in [2.24, 2.45) is 0 Å². The third-order valence-corrected chi connectivity index (χ3v) is 6.78.